The molecule has 2 bridgehead atoms. The molecule has 45 heavy (non-hydrogen) atoms. The first-order valence-corrected chi connectivity index (χ1v) is 17.4. The van der Waals surface area contributed by atoms with E-state index in [1.165, 1.54) is 11.3 Å². The summed E-state index contributed by atoms with van der Waals surface area (Å²) in [5, 5.41) is 11.5. The Bertz CT molecular complexity index is 1190. The highest BCUT2D eigenvalue weighted by atomic mass is 35.5. The molecular formula is C33H47Cl2N5O5. The monoisotopic (exact) mass is 663 g/mol. The molecule has 4 aliphatic carbocycles. The van der Waals surface area contributed by atoms with Crippen LogP contribution in [0.2, 0.25) is 0 Å². The number of rotatable bonds is 14. The van der Waals surface area contributed by atoms with Crippen LogP contribution in [0.25, 0.3) is 0 Å². The van der Waals surface area contributed by atoms with Crippen molar-refractivity contribution in [1.82, 2.24) is 26.2 Å². The minimum atomic E-state index is -1.19. The summed E-state index contributed by atoms with van der Waals surface area (Å²) in [6, 6.07) is -3.18. The number of urea groups is 1. The number of hydrogen-bond donors (Lipinski definition) is 4. The number of ketones is 1. The molecule has 1 aliphatic heterocycles. The van der Waals surface area contributed by atoms with E-state index in [0.717, 1.165) is 51.4 Å². The minimum Gasteiger partial charge on any atom is -0.349 e. The lowest BCUT2D eigenvalue weighted by Gasteiger charge is -2.37. The largest absolute Gasteiger partial charge is 0.349 e. The molecule has 5 amide bonds. The van der Waals surface area contributed by atoms with Crippen LogP contribution in [0, 0.1) is 29.6 Å². The maximum atomic E-state index is 14.3. The smallest absolute Gasteiger partial charge is 0.315 e. The van der Waals surface area contributed by atoms with E-state index in [9.17, 15) is 24.0 Å². The predicted octanol–water partition coefficient (Wildman–Crippen LogP) is 3.77. The lowest BCUT2D eigenvalue weighted by Crippen LogP contribution is -2.61. The van der Waals surface area contributed by atoms with Crippen LogP contribution in [0.4, 0.5) is 4.79 Å². The van der Waals surface area contributed by atoms with Gasteiger partial charge in [0.15, 0.2) is 0 Å². The molecule has 248 valence electrons. The maximum absolute atomic E-state index is 14.3. The average molecular weight is 665 g/mol. The number of allylic oxidation sites excluding steroid dienone is 1. The summed E-state index contributed by atoms with van der Waals surface area (Å²) in [6.07, 6.45) is 13.4. The van der Waals surface area contributed by atoms with E-state index >= 15 is 0 Å². The Balaban J connectivity index is 1.31. The Morgan fingerprint density at radius 2 is 1.67 bits per heavy atom. The van der Waals surface area contributed by atoms with Gasteiger partial charge in [-0.3, -0.25) is 19.2 Å². The third kappa shape index (κ3) is 7.37. The molecule has 4 N–H and O–H groups in total. The van der Waals surface area contributed by atoms with Crippen LogP contribution in [-0.2, 0) is 19.2 Å². The van der Waals surface area contributed by atoms with Crippen LogP contribution in [0.5, 0.6) is 0 Å². The zero-order chi connectivity index (χ0) is 32.3. The van der Waals surface area contributed by atoms with Gasteiger partial charge in [-0.15, -0.1) is 36.4 Å². The number of carbonyl (C=O) groups excluding carboxylic acids is 5. The first-order chi connectivity index (χ1) is 21.6. The second kappa shape index (κ2) is 14.4. The second-order valence-corrected chi connectivity index (χ2v) is 15.1. The fourth-order valence-electron chi connectivity index (χ4n) is 8.28. The molecule has 8 unspecified atom stereocenters. The summed E-state index contributed by atoms with van der Waals surface area (Å²) in [7, 11) is 0. The minimum absolute atomic E-state index is 0.0596. The Morgan fingerprint density at radius 3 is 2.31 bits per heavy atom. The van der Waals surface area contributed by atoms with E-state index in [1.807, 2.05) is 0 Å². The Labute approximate surface area is 275 Å². The zero-order valence-corrected chi connectivity index (χ0v) is 27.4. The summed E-state index contributed by atoms with van der Waals surface area (Å²) in [6.45, 7) is 7.72. The highest BCUT2D eigenvalue weighted by Crippen LogP contribution is 2.65. The van der Waals surface area contributed by atoms with Gasteiger partial charge in [-0.2, -0.15) is 0 Å². The van der Waals surface area contributed by atoms with Crippen molar-refractivity contribution in [1.29, 1.82) is 0 Å². The van der Waals surface area contributed by atoms with Crippen LogP contribution < -0.4 is 21.3 Å². The van der Waals surface area contributed by atoms with E-state index < -0.39 is 46.0 Å². The molecule has 1 heterocycles. The molecule has 12 heteroatoms. The molecule has 0 aromatic heterocycles. The topological polar surface area (TPSA) is 137 Å². The van der Waals surface area contributed by atoms with Crippen molar-refractivity contribution in [2.75, 3.05) is 13.1 Å². The van der Waals surface area contributed by atoms with Crippen LogP contribution >= 0.6 is 23.2 Å². The van der Waals surface area contributed by atoms with E-state index in [2.05, 4.69) is 34.4 Å². The molecule has 4 saturated carbocycles. The average Bonchev–Trinajstić information content (AvgIpc) is 3.54. The first-order valence-electron chi connectivity index (χ1n) is 16.7. The molecule has 5 fully saturated rings. The molecule has 0 spiro atoms. The van der Waals surface area contributed by atoms with E-state index in [-0.39, 0.29) is 49.3 Å². The van der Waals surface area contributed by atoms with Gasteiger partial charge in [-0.1, -0.05) is 37.8 Å². The zero-order valence-electron chi connectivity index (χ0n) is 25.9. The molecule has 0 aromatic carbocycles. The second-order valence-electron chi connectivity index (χ2n) is 13.6. The molecule has 5 rings (SSSR count). The summed E-state index contributed by atoms with van der Waals surface area (Å²) < 4.78 is -1.19. The molecule has 0 aromatic rings. The third-order valence-electron chi connectivity index (χ3n) is 10.8. The van der Waals surface area contributed by atoms with Crippen molar-refractivity contribution < 1.29 is 24.0 Å². The first kappa shape index (κ1) is 33.8. The number of hydrogen-bond acceptors (Lipinski definition) is 5. The predicted molar refractivity (Wildman–Crippen MR) is 172 cm³/mol. The lowest BCUT2D eigenvalue weighted by molar-refractivity contribution is -0.144. The van der Waals surface area contributed by atoms with Gasteiger partial charge in [0, 0.05) is 31.0 Å². The molecule has 10 nitrogen and oxygen atoms in total. The number of nitrogens with one attached hydrogen (secondary N) is 4. The fraction of sp³-hybridized carbons (Fsp3) is 0.727. The van der Waals surface area contributed by atoms with Crippen molar-refractivity contribution in [2.24, 2.45) is 29.6 Å². The number of amides is 5. The van der Waals surface area contributed by atoms with Gasteiger partial charge in [-0.05, 0) is 69.1 Å². The van der Waals surface area contributed by atoms with Gasteiger partial charge in [-0.25, -0.2) is 4.79 Å². The number of fused-ring (bicyclic) bond motifs is 3. The Kier molecular flexibility index (Phi) is 10.8. The van der Waals surface area contributed by atoms with Crippen LogP contribution in [0.1, 0.15) is 77.0 Å². The summed E-state index contributed by atoms with van der Waals surface area (Å²) in [5.74, 6) is -2.26. The van der Waals surface area contributed by atoms with Gasteiger partial charge < -0.3 is 26.2 Å². The normalized spacial score (nSPS) is 30.8. The van der Waals surface area contributed by atoms with Crippen LogP contribution in [-0.4, -0.2) is 76.0 Å². The fourth-order valence-corrected chi connectivity index (χ4v) is 9.10. The number of alkyl halides is 2. The molecule has 8 atom stereocenters. The van der Waals surface area contributed by atoms with Crippen molar-refractivity contribution in [3.63, 3.8) is 0 Å². The maximum Gasteiger partial charge on any atom is 0.315 e. The SMILES string of the molecule is C=CCCNC(=O)C(=O)C(CCC=C)NC(=O)C1C2C(CN1C(=O)C(NC(=O)NC1CC3CCC1C3)C1CCCCC1)C2(Cl)Cl. The molecule has 5 aliphatic rings. The van der Waals surface area contributed by atoms with E-state index in [4.69, 9.17) is 23.2 Å². The lowest BCUT2D eigenvalue weighted by atomic mass is 9.83. The van der Waals surface area contributed by atoms with Crippen LogP contribution in [0.3, 0.4) is 0 Å². The molecule has 1 saturated heterocycles. The van der Waals surface area contributed by atoms with Crippen molar-refractivity contribution in [3.05, 3.63) is 25.3 Å². The third-order valence-corrected chi connectivity index (χ3v) is 11.8. The Morgan fingerprint density at radius 1 is 0.933 bits per heavy atom. The molecule has 0 radical (unpaired) electrons. The van der Waals surface area contributed by atoms with Crippen molar-refractivity contribution in [2.45, 2.75) is 106 Å². The number of likely N-dealkylation sites (tertiary alicyclic amines) is 1. The van der Waals surface area contributed by atoms with Crippen molar-refractivity contribution in [3.8, 4) is 0 Å². The quantitative estimate of drug-likeness (QED) is 0.0971. The standard InChI is InChI=1S/C33H47Cl2N5O5/c1-3-5-12-23(28(41)30(43)36-15-6-4-2)37-29(42)27-25-22(33(25,34)35)18-40(27)31(44)26(20-10-8-7-9-11-20)39-32(45)38-24-17-19-13-14-21(24)16-19/h3-4,19-27H,1-2,5-18H2,(H,36,43)(H,37,42)(H2,38,39,45). The van der Waals surface area contributed by atoms with Gasteiger partial charge in [0.25, 0.3) is 5.91 Å². The number of nitrogens with zero attached hydrogens (tertiary/aromatic N) is 1. The molecular weight excluding hydrogens is 617 g/mol. The number of Topliss-reactive ketones (excluding diaryl/α,β-unsaturated/α-hetero) is 1. The van der Waals surface area contributed by atoms with Gasteiger partial charge in [0.2, 0.25) is 17.6 Å². The highest BCUT2D eigenvalue weighted by molar-refractivity contribution is 6.51. The van der Waals surface area contributed by atoms with Crippen molar-refractivity contribution >= 4 is 52.7 Å². The van der Waals surface area contributed by atoms with E-state index in [0.29, 0.717) is 24.7 Å². The summed E-state index contributed by atoms with van der Waals surface area (Å²) in [4.78, 5) is 68.7. The van der Waals surface area contributed by atoms with Crippen LogP contribution in [0.15, 0.2) is 25.3 Å². The van der Waals surface area contributed by atoms with Gasteiger partial charge in [0.05, 0.1) is 6.04 Å². The van der Waals surface area contributed by atoms with E-state index in [1.54, 1.807) is 12.2 Å². The van der Waals surface area contributed by atoms with Gasteiger partial charge >= 0.3 is 6.03 Å². The Hall–Kier alpha value is -2.59. The number of carbonyl (C=O) groups is 5. The number of halogens is 2. The number of piperidine rings is 1. The van der Waals surface area contributed by atoms with Gasteiger partial charge in [0.1, 0.15) is 16.4 Å². The highest BCUT2D eigenvalue weighted by Gasteiger charge is 2.74. The summed E-state index contributed by atoms with van der Waals surface area (Å²) in [5.41, 5.74) is 0. The summed E-state index contributed by atoms with van der Waals surface area (Å²) >= 11 is 13.2.